The van der Waals surface area contributed by atoms with Gasteiger partial charge in [-0.15, -0.1) is 11.3 Å². The summed E-state index contributed by atoms with van der Waals surface area (Å²) >= 11 is 1.76. The highest BCUT2D eigenvalue weighted by Crippen LogP contribution is 2.08. The maximum atomic E-state index is 4.27. The van der Waals surface area contributed by atoms with Gasteiger partial charge in [0.2, 0.25) is 5.95 Å². The molecule has 4 nitrogen and oxygen atoms in total. The molecule has 0 aliphatic heterocycles. The maximum absolute atomic E-state index is 4.27. The normalized spacial score (nSPS) is 10.8. The lowest BCUT2D eigenvalue weighted by Gasteiger charge is -2.08. The number of rotatable bonds is 6. The van der Waals surface area contributed by atoms with Crippen molar-refractivity contribution in [3.05, 3.63) is 40.3 Å². The summed E-state index contributed by atoms with van der Waals surface area (Å²) in [5.41, 5.74) is 1.10. The van der Waals surface area contributed by atoms with Gasteiger partial charge in [0.1, 0.15) is 0 Å². The van der Waals surface area contributed by atoms with Crippen LogP contribution < -0.4 is 10.6 Å². The minimum Gasteiger partial charge on any atom is -0.352 e. The van der Waals surface area contributed by atoms with Gasteiger partial charge in [0, 0.05) is 42.0 Å². The van der Waals surface area contributed by atoms with Gasteiger partial charge in [-0.3, -0.25) is 0 Å². The zero-order valence-electron chi connectivity index (χ0n) is 10.7. The van der Waals surface area contributed by atoms with E-state index in [1.807, 2.05) is 12.4 Å². The van der Waals surface area contributed by atoms with Crippen LogP contribution in [-0.2, 0) is 13.1 Å². The second kappa shape index (κ2) is 6.47. The molecule has 0 bridgehead atoms. The van der Waals surface area contributed by atoms with Crippen molar-refractivity contribution in [2.45, 2.75) is 33.0 Å². The van der Waals surface area contributed by atoms with E-state index in [1.54, 1.807) is 11.3 Å². The first-order chi connectivity index (χ1) is 8.74. The number of nitrogens with one attached hydrogen (secondary N) is 2. The molecule has 0 saturated carbocycles. The van der Waals surface area contributed by atoms with Crippen molar-refractivity contribution in [3.63, 3.8) is 0 Å². The molecule has 0 aromatic carbocycles. The molecule has 0 radical (unpaired) electrons. The summed E-state index contributed by atoms with van der Waals surface area (Å²) in [5.74, 6) is 0.687. The Morgan fingerprint density at radius 3 is 2.61 bits per heavy atom. The summed E-state index contributed by atoms with van der Waals surface area (Å²) in [4.78, 5) is 9.89. The van der Waals surface area contributed by atoms with Gasteiger partial charge in [-0.2, -0.15) is 0 Å². The Balaban J connectivity index is 1.79. The van der Waals surface area contributed by atoms with E-state index in [-0.39, 0.29) is 0 Å². The molecule has 5 heteroatoms. The third kappa shape index (κ3) is 4.09. The predicted molar refractivity (Wildman–Crippen MR) is 75.7 cm³/mol. The van der Waals surface area contributed by atoms with Gasteiger partial charge in [-0.25, -0.2) is 9.97 Å². The van der Waals surface area contributed by atoms with Crippen LogP contribution in [0.25, 0.3) is 0 Å². The predicted octanol–water partition coefficient (Wildman–Crippen LogP) is 2.65. The van der Waals surface area contributed by atoms with Crippen molar-refractivity contribution in [2.24, 2.45) is 0 Å². The lowest BCUT2D eigenvalue weighted by molar-refractivity contribution is 0.696. The van der Waals surface area contributed by atoms with Gasteiger partial charge >= 0.3 is 0 Å². The summed E-state index contributed by atoms with van der Waals surface area (Å²) in [7, 11) is 0. The SMILES string of the molecule is CC(C)Nc1ncc(CNCc2cccs2)cn1. The molecular weight excluding hydrogens is 244 g/mol. The molecule has 0 saturated heterocycles. The number of anilines is 1. The summed E-state index contributed by atoms with van der Waals surface area (Å²) in [6, 6.07) is 4.55. The monoisotopic (exact) mass is 262 g/mol. The Bertz CT molecular complexity index is 450. The second-order valence-corrected chi connectivity index (χ2v) is 5.43. The highest BCUT2D eigenvalue weighted by atomic mass is 32.1. The fourth-order valence-corrected chi connectivity index (χ4v) is 2.20. The lowest BCUT2D eigenvalue weighted by Crippen LogP contribution is -2.14. The summed E-state index contributed by atoms with van der Waals surface area (Å²) in [5, 5.41) is 8.63. The van der Waals surface area contributed by atoms with Gasteiger partial charge in [0.25, 0.3) is 0 Å². The highest BCUT2D eigenvalue weighted by Gasteiger charge is 1.99. The van der Waals surface area contributed by atoms with Crippen LogP contribution in [0.15, 0.2) is 29.9 Å². The smallest absolute Gasteiger partial charge is 0.222 e. The summed E-state index contributed by atoms with van der Waals surface area (Å²) in [6.45, 7) is 5.82. The molecule has 18 heavy (non-hydrogen) atoms. The van der Waals surface area contributed by atoms with Crippen LogP contribution in [0.5, 0.6) is 0 Å². The van der Waals surface area contributed by atoms with Crippen molar-refractivity contribution in [2.75, 3.05) is 5.32 Å². The van der Waals surface area contributed by atoms with Crippen LogP contribution in [0.2, 0.25) is 0 Å². The topological polar surface area (TPSA) is 49.8 Å². The Kier molecular flexibility index (Phi) is 4.66. The van der Waals surface area contributed by atoms with Gasteiger partial charge in [-0.05, 0) is 25.3 Å². The number of hydrogen-bond acceptors (Lipinski definition) is 5. The molecule has 0 aliphatic carbocycles. The second-order valence-electron chi connectivity index (χ2n) is 4.40. The highest BCUT2D eigenvalue weighted by molar-refractivity contribution is 7.09. The van der Waals surface area contributed by atoms with E-state index in [2.05, 4.69) is 52.0 Å². The molecule has 2 rings (SSSR count). The minimum atomic E-state index is 0.354. The molecule has 0 amide bonds. The van der Waals surface area contributed by atoms with E-state index in [9.17, 15) is 0 Å². The molecule has 0 aliphatic rings. The van der Waals surface area contributed by atoms with Crippen molar-refractivity contribution >= 4 is 17.3 Å². The zero-order valence-corrected chi connectivity index (χ0v) is 11.5. The third-order valence-corrected chi connectivity index (χ3v) is 3.21. The molecule has 2 aromatic heterocycles. The minimum absolute atomic E-state index is 0.354. The largest absolute Gasteiger partial charge is 0.352 e. The van der Waals surface area contributed by atoms with Crippen LogP contribution in [0.1, 0.15) is 24.3 Å². The number of nitrogens with zero attached hydrogens (tertiary/aromatic N) is 2. The maximum Gasteiger partial charge on any atom is 0.222 e. The van der Waals surface area contributed by atoms with Crippen molar-refractivity contribution in [3.8, 4) is 0 Å². The van der Waals surface area contributed by atoms with Gasteiger partial charge in [0.05, 0.1) is 0 Å². The van der Waals surface area contributed by atoms with E-state index in [0.717, 1.165) is 18.7 Å². The van der Waals surface area contributed by atoms with Crippen LogP contribution in [0, 0.1) is 0 Å². The first kappa shape index (κ1) is 13.0. The molecule has 0 atom stereocenters. The van der Waals surface area contributed by atoms with Crippen LogP contribution >= 0.6 is 11.3 Å². The molecule has 0 fully saturated rings. The van der Waals surface area contributed by atoms with Gasteiger partial charge < -0.3 is 10.6 Å². The summed E-state index contributed by atoms with van der Waals surface area (Å²) < 4.78 is 0. The van der Waals surface area contributed by atoms with Crippen molar-refractivity contribution < 1.29 is 0 Å². The number of aromatic nitrogens is 2. The summed E-state index contributed by atoms with van der Waals surface area (Å²) in [6.07, 6.45) is 3.72. The zero-order chi connectivity index (χ0) is 12.8. The first-order valence-corrected chi connectivity index (χ1v) is 6.92. The Labute approximate surface area is 111 Å². The lowest BCUT2D eigenvalue weighted by atomic mass is 10.3. The van der Waals surface area contributed by atoms with Crippen molar-refractivity contribution in [1.82, 2.24) is 15.3 Å². The molecule has 96 valence electrons. The van der Waals surface area contributed by atoms with E-state index in [1.165, 1.54) is 4.88 Å². The standard InChI is InChI=1S/C13H18N4S/c1-10(2)17-13-15-7-11(8-16-13)6-14-9-12-4-3-5-18-12/h3-5,7-8,10,14H,6,9H2,1-2H3,(H,15,16,17). The molecule has 0 unspecified atom stereocenters. The Morgan fingerprint density at radius 1 is 1.22 bits per heavy atom. The van der Waals surface area contributed by atoms with Crippen molar-refractivity contribution in [1.29, 1.82) is 0 Å². The average Bonchev–Trinajstić information content (AvgIpc) is 2.84. The van der Waals surface area contributed by atoms with Crippen LogP contribution in [0.3, 0.4) is 0 Å². The number of hydrogen-bond donors (Lipinski definition) is 2. The van der Waals surface area contributed by atoms with E-state index in [4.69, 9.17) is 0 Å². The Morgan fingerprint density at radius 2 is 2.00 bits per heavy atom. The quantitative estimate of drug-likeness (QED) is 0.840. The molecular formula is C13H18N4S. The molecule has 0 spiro atoms. The first-order valence-electron chi connectivity index (χ1n) is 6.04. The fraction of sp³-hybridized carbons (Fsp3) is 0.385. The molecule has 2 N–H and O–H groups in total. The van der Waals surface area contributed by atoms with E-state index >= 15 is 0 Å². The van der Waals surface area contributed by atoms with Crippen LogP contribution in [-0.4, -0.2) is 16.0 Å². The molecule has 2 aromatic rings. The van der Waals surface area contributed by atoms with Gasteiger partial charge in [-0.1, -0.05) is 6.07 Å². The number of thiophene rings is 1. The van der Waals surface area contributed by atoms with Crippen LogP contribution in [0.4, 0.5) is 5.95 Å². The Hall–Kier alpha value is -1.46. The van der Waals surface area contributed by atoms with E-state index < -0.39 is 0 Å². The average molecular weight is 262 g/mol. The molecule has 2 heterocycles. The fourth-order valence-electron chi connectivity index (χ4n) is 1.52. The third-order valence-electron chi connectivity index (χ3n) is 2.33. The van der Waals surface area contributed by atoms with Gasteiger partial charge in [0.15, 0.2) is 0 Å². The van der Waals surface area contributed by atoms with E-state index in [0.29, 0.717) is 12.0 Å².